The lowest BCUT2D eigenvalue weighted by molar-refractivity contribution is 0.102. The molecule has 0 atom stereocenters. The lowest BCUT2D eigenvalue weighted by atomic mass is 10.1. The zero-order valence-electron chi connectivity index (χ0n) is 18.2. The molecular weight excluding hydrogens is 443 g/mol. The van der Waals surface area contributed by atoms with Crippen molar-refractivity contribution in [3.8, 4) is 0 Å². The van der Waals surface area contributed by atoms with E-state index in [-0.39, 0.29) is 16.3 Å². The van der Waals surface area contributed by atoms with E-state index >= 15 is 0 Å². The maximum Gasteiger partial charge on any atom is 0.262 e. The highest BCUT2D eigenvalue weighted by Crippen LogP contribution is 2.25. The van der Waals surface area contributed by atoms with Crippen LogP contribution in [0, 0.1) is 26.6 Å². The third-order valence-corrected chi connectivity index (χ3v) is 6.70. The van der Waals surface area contributed by atoms with E-state index < -0.39 is 21.7 Å². The molecule has 0 bridgehead atoms. The number of nitrogens with one attached hydrogen (secondary N) is 2. The monoisotopic (exact) mass is 464 g/mol. The minimum Gasteiger partial charge on any atom is -0.322 e. The maximum atomic E-state index is 13.9. The first-order chi connectivity index (χ1) is 15.6. The number of aryl methyl sites for hydroxylation is 3. The van der Waals surface area contributed by atoms with Gasteiger partial charge in [0.2, 0.25) is 0 Å². The van der Waals surface area contributed by atoms with Gasteiger partial charge in [-0.05, 0) is 68.8 Å². The van der Waals surface area contributed by atoms with Crippen LogP contribution in [0.1, 0.15) is 27.3 Å². The van der Waals surface area contributed by atoms with Crippen LogP contribution in [0.4, 0.5) is 15.8 Å². The average Bonchev–Trinajstić information content (AvgIpc) is 2.77. The molecular formula is C24H21FN4O3S. The van der Waals surface area contributed by atoms with Crippen molar-refractivity contribution in [1.29, 1.82) is 0 Å². The first kappa shape index (κ1) is 22.3. The number of sulfonamides is 1. The summed E-state index contributed by atoms with van der Waals surface area (Å²) in [7, 11) is -4.09. The molecule has 3 aromatic carbocycles. The highest BCUT2D eigenvalue weighted by atomic mass is 32.2. The van der Waals surface area contributed by atoms with Crippen LogP contribution in [0.5, 0.6) is 0 Å². The third kappa shape index (κ3) is 4.68. The van der Waals surface area contributed by atoms with Gasteiger partial charge in [-0.25, -0.2) is 22.8 Å². The Morgan fingerprint density at radius 1 is 0.879 bits per heavy atom. The molecule has 0 saturated carbocycles. The molecule has 9 heteroatoms. The molecule has 1 heterocycles. The Hall–Kier alpha value is -3.85. The molecule has 4 aromatic rings. The smallest absolute Gasteiger partial charge is 0.262 e. The molecule has 168 valence electrons. The second-order valence-corrected chi connectivity index (χ2v) is 9.27. The van der Waals surface area contributed by atoms with E-state index in [1.54, 1.807) is 37.3 Å². The number of hydrogen-bond donors (Lipinski definition) is 2. The van der Waals surface area contributed by atoms with Gasteiger partial charge in [-0.2, -0.15) is 0 Å². The minimum atomic E-state index is -4.09. The van der Waals surface area contributed by atoms with E-state index in [1.165, 1.54) is 24.3 Å². The number of anilines is 2. The number of nitrogens with zero attached hydrogens (tertiary/aromatic N) is 2. The van der Waals surface area contributed by atoms with Gasteiger partial charge in [0, 0.05) is 11.3 Å². The molecule has 2 N–H and O–H groups in total. The van der Waals surface area contributed by atoms with Crippen molar-refractivity contribution in [2.24, 2.45) is 0 Å². The number of benzene rings is 3. The van der Waals surface area contributed by atoms with Crippen LogP contribution >= 0.6 is 0 Å². The second kappa shape index (κ2) is 8.59. The van der Waals surface area contributed by atoms with Crippen LogP contribution in [0.2, 0.25) is 0 Å². The second-order valence-electron chi connectivity index (χ2n) is 7.62. The Kier molecular flexibility index (Phi) is 5.82. The van der Waals surface area contributed by atoms with Crippen molar-refractivity contribution in [3.63, 3.8) is 0 Å². The molecule has 7 nitrogen and oxygen atoms in total. The minimum absolute atomic E-state index is 0.0703. The number of hydrogen-bond acceptors (Lipinski definition) is 5. The lowest BCUT2D eigenvalue weighted by Crippen LogP contribution is -2.17. The molecule has 0 unspecified atom stereocenters. The fourth-order valence-electron chi connectivity index (χ4n) is 3.29. The molecule has 0 radical (unpaired) electrons. The lowest BCUT2D eigenvalue weighted by Gasteiger charge is -2.13. The summed E-state index contributed by atoms with van der Waals surface area (Å²) in [6.07, 6.45) is 0. The topological polar surface area (TPSA) is 101 Å². The molecule has 0 aliphatic carbocycles. The van der Waals surface area contributed by atoms with Crippen molar-refractivity contribution >= 4 is 38.3 Å². The summed E-state index contributed by atoms with van der Waals surface area (Å²) in [5.41, 5.74) is 3.79. The van der Waals surface area contributed by atoms with E-state index in [0.29, 0.717) is 22.2 Å². The molecule has 0 aliphatic rings. The molecule has 0 fully saturated rings. The standard InChI is InChI=1S/C24H21FN4O3S/c1-14-8-10-18(13-23(14)33(31,32)29-20-7-5-4-6-19(20)25)28-24(30)17-9-11-21-22(12-17)27-16(3)15(2)26-21/h4-13,29H,1-3H3,(H,28,30). The van der Waals surface area contributed by atoms with Gasteiger partial charge in [0.15, 0.2) is 0 Å². The van der Waals surface area contributed by atoms with Crippen molar-refractivity contribution in [2.75, 3.05) is 10.0 Å². The Morgan fingerprint density at radius 2 is 1.58 bits per heavy atom. The molecule has 0 spiro atoms. The van der Waals surface area contributed by atoms with E-state index in [4.69, 9.17) is 0 Å². The van der Waals surface area contributed by atoms with Gasteiger partial charge in [0.25, 0.3) is 15.9 Å². The number of amides is 1. The van der Waals surface area contributed by atoms with Gasteiger partial charge in [0.1, 0.15) is 5.82 Å². The first-order valence-corrected chi connectivity index (χ1v) is 11.6. The van der Waals surface area contributed by atoms with Crippen LogP contribution in [0.3, 0.4) is 0 Å². The summed E-state index contributed by atoms with van der Waals surface area (Å²) >= 11 is 0. The van der Waals surface area contributed by atoms with Crippen molar-refractivity contribution < 1.29 is 17.6 Å². The highest BCUT2D eigenvalue weighted by molar-refractivity contribution is 7.92. The van der Waals surface area contributed by atoms with E-state index in [9.17, 15) is 17.6 Å². The summed E-state index contributed by atoms with van der Waals surface area (Å²) in [5, 5.41) is 2.71. The number of carbonyl (C=O) groups is 1. The third-order valence-electron chi connectivity index (χ3n) is 5.19. The molecule has 1 amide bonds. The molecule has 33 heavy (non-hydrogen) atoms. The Labute approximate surface area is 190 Å². The van der Waals surface area contributed by atoms with Gasteiger partial charge in [-0.3, -0.25) is 9.52 Å². The maximum absolute atomic E-state index is 13.9. The Morgan fingerprint density at radius 3 is 2.30 bits per heavy atom. The summed E-state index contributed by atoms with van der Waals surface area (Å²) in [6.45, 7) is 5.33. The summed E-state index contributed by atoms with van der Waals surface area (Å²) in [6, 6.07) is 15.0. The fraction of sp³-hybridized carbons (Fsp3) is 0.125. The molecule has 4 rings (SSSR count). The predicted molar refractivity (Wildman–Crippen MR) is 125 cm³/mol. The largest absolute Gasteiger partial charge is 0.322 e. The zero-order chi connectivity index (χ0) is 23.8. The summed E-state index contributed by atoms with van der Waals surface area (Å²) in [5.74, 6) is -1.11. The van der Waals surface area contributed by atoms with Gasteiger partial charge in [-0.15, -0.1) is 0 Å². The Balaban J connectivity index is 1.61. The molecule has 0 aliphatic heterocycles. The average molecular weight is 465 g/mol. The quantitative estimate of drug-likeness (QED) is 0.444. The number of rotatable bonds is 5. The normalized spacial score (nSPS) is 11.4. The number of aromatic nitrogens is 2. The number of halogens is 1. The van der Waals surface area contributed by atoms with Crippen LogP contribution in [-0.4, -0.2) is 24.3 Å². The van der Waals surface area contributed by atoms with Crippen LogP contribution < -0.4 is 10.0 Å². The van der Waals surface area contributed by atoms with Crippen LogP contribution in [-0.2, 0) is 10.0 Å². The van der Waals surface area contributed by atoms with Gasteiger partial charge in [-0.1, -0.05) is 18.2 Å². The zero-order valence-corrected chi connectivity index (χ0v) is 19.0. The van der Waals surface area contributed by atoms with E-state index in [2.05, 4.69) is 20.0 Å². The van der Waals surface area contributed by atoms with Crippen LogP contribution in [0.25, 0.3) is 11.0 Å². The highest BCUT2D eigenvalue weighted by Gasteiger charge is 2.20. The van der Waals surface area contributed by atoms with Crippen molar-refractivity contribution in [3.05, 3.63) is 89.0 Å². The van der Waals surface area contributed by atoms with E-state index in [0.717, 1.165) is 17.5 Å². The SMILES string of the molecule is Cc1ccc(NC(=O)c2ccc3nc(C)c(C)nc3c2)cc1S(=O)(=O)Nc1ccccc1F. The van der Waals surface area contributed by atoms with Gasteiger partial charge in [0.05, 0.1) is 33.0 Å². The van der Waals surface area contributed by atoms with Crippen LogP contribution in [0.15, 0.2) is 65.6 Å². The number of fused-ring (bicyclic) bond motifs is 1. The van der Waals surface area contributed by atoms with Crippen molar-refractivity contribution in [2.45, 2.75) is 25.7 Å². The summed E-state index contributed by atoms with van der Waals surface area (Å²) < 4.78 is 42.0. The van der Waals surface area contributed by atoms with Gasteiger partial charge < -0.3 is 5.32 Å². The Bertz CT molecular complexity index is 1500. The fourth-order valence-corrected chi connectivity index (χ4v) is 4.63. The summed E-state index contributed by atoms with van der Waals surface area (Å²) in [4.78, 5) is 21.7. The van der Waals surface area contributed by atoms with Crippen molar-refractivity contribution in [1.82, 2.24) is 9.97 Å². The number of carbonyl (C=O) groups excluding carboxylic acids is 1. The van der Waals surface area contributed by atoms with Gasteiger partial charge >= 0.3 is 0 Å². The molecule has 1 aromatic heterocycles. The molecule has 0 saturated heterocycles. The first-order valence-electron chi connectivity index (χ1n) is 10.1. The van der Waals surface area contributed by atoms with E-state index in [1.807, 2.05) is 13.8 Å². The predicted octanol–water partition coefficient (Wildman–Crippen LogP) is 4.75. The number of para-hydroxylation sites is 1.